The Morgan fingerprint density at radius 2 is 1.75 bits per heavy atom. The van der Waals surface area contributed by atoms with E-state index in [1.165, 1.54) is 0 Å². The molecule has 2 heterocycles. The molecule has 0 spiro atoms. The molecule has 2 aliphatic heterocycles. The first-order valence-corrected chi connectivity index (χ1v) is 8.66. The van der Waals surface area contributed by atoms with E-state index in [0.29, 0.717) is 22.9 Å². The van der Waals surface area contributed by atoms with Crippen LogP contribution in [0.2, 0.25) is 0 Å². The first kappa shape index (κ1) is 15.5. The second-order valence-electron chi connectivity index (χ2n) is 5.39. The number of rotatable bonds is 1. The summed E-state index contributed by atoms with van der Waals surface area (Å²) in [5.41, 5.74) is 12.2. The van der Waals surface area contributed by atoms with Crippen molar-refractivity contribution in [1.82, 2.24) is 5.43 Å². The molecule has 1 amide bonds. The monoisotopic (exact) mass is 451 g/mol. The van der Waals surface area contributed by atoms with Crippen molar-refractivity contribution in [2.45, 2.75) is 6.42 Å². The van der Waals surface area contributed by atoms with Crippen molar-refractivity contribution in [2.24, 2.45) is 5.10 Å². The number of nitrogens with zero attached hydrogens (tertiary/aromatic N) is 1. The van der Waals surface area contributed by atoms with Crippen LogP contribution in [0.4, 0.5) is 5.69 Å². The van der Waals surface area contributed by atoms with Crippen LogP contribution in [0.5, 0.6) is 11.5 Å². The average molecular weight is 453 g/mol. The van der Waals surface area contributed by atoms with Gasteiger partial charge in [-0.2, -0.15) is 5.10 Å². The van der Waals surface area contributed by atoms with Crippen LogP contribution < -0.4 is 20.6 Å². The molecule has 0 unspecified atom stereocenters. The number of hydrogen-bond acceptors (Lipinski definition) is 5. The summed E-state index contributed by atoms with van der Waals surface area (Å²) in [6, 6.07) is 7.42. The number of nitrogens with two attached hydrogens (primary N) is 1. The number of hydrogen-bond donors (Lipinski definition) is 2. The van der Waals surface area contributed by atoms with E-state index in [0.717, 1.165) is 25.6 Å². The highest BCUT2D eigenvalue weighted by Crippen LogP contribution is 2.37. The van der Waals surface area contributed by atoms with Crippen LogP contribution >= 0.6 is 31.9 Å². The minimum absolute atomic E-state index is 0.176. The first-order valence-electron chi connectivity index (χ1n) is 7.07. The van der Waals surface area contributed by atoms with E-state index in [1.54, 1.807) is 0 Å². The van der Waals surface area contributed by atoms with Crippen LogP contribution in [0.3, 0.4) is 0 Å². The summed E-state index contributed by atoms with van der Waals surface area (Å²) < 4.78 is 12.4. The molecule has 0 saturated carbocycles. The number of hydrazone groups is 1. The van der Waals surface area contributed by atoms with Gasteiger partial charge in [0.1, 0.15) is 0 Å². The highest BCUT2D eigenvalue weighted by Gasteiger charge is 2.24. The van der Waals surface area contributed by atoms with Crippen molar-refractivity contribution in [2.75, 3.05) is 12.5 Å². The number of anilines is 1. The number of amides is 1. The molecule has 122 valence electrons. The van der Waals surface area contributed by atoms with E-state index < -0.39 is 0 Å². The SMILES string of the molecule is Nc1c(Br)cc(C2=NNC(=O)Cc3cc4c(cc32)OCO4)cc1Br. The van der Waals surface area contributed by atoms with E-state index in [-0.39, 0.29) is 19.1 Å². The lowest BCUT2D eigenvalue weighted by atomic mass is 9.95. The predicted octanol–water partition coefficient (Wildman–Crippen LogP) is 2.95. The van der Waals surface area contributed by atoms with Gasteiger partial charge in [0.05, 0.1) is 17.8 Å². The molecular weight excluding hydrogens is 442 g/mol. The summed E-state index contributed by atoms with van der Waals surface area (Å²) in [5, 5.41) is 4.29. The Hall–Kier alpha value is -2.06. The van der Waals surface area contributed by atoms with E-state index in [9.17, 15) is 4.79 Å². The number of nitrogens with one attached hydrogen (secondary N) is 1. The third-order valence-electron chi connectivity index (χ3n) is 3.85. The van der Waals surface area contributed by atoms with E-state index in [1.807, 2.05) is 24.3 Å². The van der Waals surface area contributed by atoms with Gasteiger partial charge < -0.3 is 15.2 Å². The normalized spacial score (nSPS) is 15.4. The van der Waals surface area contributed by atoms with Crippen molar-refractivity contribution < 1.29 is 14.3 Å². The first-order chi connectivity index (χ1) is 11.5. The zero-order chi connectivity index (χ0) is 16.8. The molecule has 0 fully saturated rings. The molecule has 8 heteroatoms. The summed E-state index contributed by atoms with van der Waals surface area (Å²) in [7, 11) is 0. The van der Waals surface area contributed by atoms with Gasteiger partial charge in [0, 0.05) is 20.1 Å². The lowest BCUT2D eigenvalue weighted by Gasteiger charge is -2.12. The Morgan fingerprint density at radius 3 is 2.46 bits per heavy atom. The number of carbonyl (C=O) groups is 1. The predicted molar refractivity (Wildman–Crippen MR) is 96.3 cm³/mol. The Balaban J connectivity index is 1.92. The topological polar surface area (TPSA) is 85.9 Å². The minimum atomic E-state index is -0.182. The summed E-state index contributed by atoms with van der Waals surface area (Å²) >= 11 is 6.89. The van der Waals surface area contributed by atoms with E-state index >= 15 is 0 Å². The van der Waals surface area contributed by atoms with Crippen LogP contribution in [0.1, 0.15) is 16.7 Å². The van der Waals surface area contributed by atoms with Crippen LogP contribution in [0.15, 0.2) is 38.3 Å². The fourth-order valence-corrected chi connectivity index (χ4v) is 3.87. The van der Waals surface area contributed by atoms with Gasteiger partial charge in [0.25, 0.3) is 0 Å². The van der Waals surface area contributed by atoms with Crippen molar-refractivity contribution >= 4 is 49.2 Å². The average Bonchev–Trinajstić information content (AvgIpc) is 2.93. The molecule has 2 aromatic rings. The Morgan fingerprint density at radius 1 is 1.08 bits per heavy atom. The highest BCUT2D eigenvalue weighted by atomic mass is 79.9. The van der Waals surface area contributed by atoms with Gasteiger partial charge in [0.2, 0.25) is 12.7 Å². The molecule has 3 N–H and O–H groups in total. The van der Waals surface area contributed by atoms with Crippen molar-refractivity contribution in [3.8, 4) is 11.5 Å². The third-order valence-corrected chi connectivity index (χ3v) is 5.16. The molecule has 24 heavy (non-hydrogen) atoms. The fourth-order valence-electron chi connectivity index (χ4n) is 2.68. The van der Waals surface area contributed by atoms with Gasteiger partial charge in [0.15, 0.2) is 11.5 Å². The molecule has 6 nitrogen and oxygen atoms in total. The van der Waals surface area contributed by atoms with Gasteiger partial charge in [-0.3, -0.25) is 4.79 Å². The molecule has 2 aliphatic rings. The number of carbonyl (C=O) groups excluding carboxylic acids is 1. The summed E-state index contributed by atoms with van der Waals surface area (Å²) in [6.45, 7) is 0.176. The Labute approximate surface area is 154 Å². The zero-order valence-electron chi connectivity index (χ0n) is 12.2. The maximum Gasteiger partial charge on any atom is 0.244 e. The standard InChI is InChI=1S/C16H11Br2N3O3/c17-10-1-8(2-11(18)15(10)19)16-9-5-13-12(23-6-24-13)3-7(9)4-14(22)20-21-16/h1-3,5H,4,6,19H2,(H,20,22). The van der Waals surface area contributed by atoms with Crippen LogP contribution in [0.25, 0.3) is 0 Å². The Kier molecular flexibility index (Phi) is 3.73. The molecule has 4 rings (SSSR count). The molecule has 0 atom stereocenters. The number of nitrogen functional groups attached to an aromatic ring is 1. The fraction of sp³-hybridized carbons (Fsp3) is 0.125. The summed E-state index contributed by atoms with van der Waals surface area (Å²) in [5.74, 6) is 1.10. The second-order valence-corrected chi connectivity index (χ2v) is 7.10. The smallest absolute Gasteiger partial charge is 0.244 e. The van der Waals surface area contributed by atoms with Gasteiger partial charge in [-0.25, -0.2) is 5.43 Å². The number of halogens is 2. The van der Waals surface area contributed by atoms with Crippen LogP contribution in [-0.4, -0.2) is 18.4 Å². The quantitative estimate of drug-likeness (QED) is 0.651. The van der Waals surface area contributed by atoms with Gasteiger partial charge in [-0.05, 0) is 61.7 Å². The molecule has 0 aromatic heterocycles. The van der Waals surface area contributed by atoms with Crippen molar-refractivity contribution in [3.63, 3.8) is 0 Å². The van der Waals surface area contributed by atoms with E-state index in [4.69, 9.17) is 15.2 Å². The van der Waals surface area contributed by atoms with Crippen molar-refractivity contribution in [1.29, 1.82) is 0 Å². The summed E-state index contributed by atoms with van der Waals surface area (Å²) in [6.07, 6.45) is 0.219. The Bertz CT molecular complexity index is 889. The highest BCUT2D eigenvalue weighted by molar-refractivity contribution is 9.11. The molecule has 0 aliphatic carbocycles. The number of fused-ring (bicyclic) bond motifs is 2. The number of benzene rings is 2. The third kappa shape index (κ3) is 2.55. The molecule has 0 saturated heterocycles. The number of ether oxygens (including phenoxy) is 2. The van der Waals surface area contributed by atoms with Crippen LogP contribution in [-0.2, 0) is 11.2 Å². The summed E-state index contributed by atoms with van der Waals surface area (Å²) in [4.78, 5) is 12.0. The minimum Gasteiger partial charge on any atom is -0.454 e. The van der Waals surface area contributed by atoms with Crippen molar-refractivity contribution in [3.05, 3.63) is 49.9 Å². The zero-order valence-corrected chi connectivity index (χ0v) is 15.4. The maximum atomic E-state index is 12.0. The van der Waals surface area contributed by atoms with Gasteiger partial charge >= 0.3 is 0 Å². The molecular formula is C16H11Br2N3O3. The maximum absolute atomic E-state index is 12.0. The largest absolute Gasteiger partial charge is 0.454 e. The lowest BCUT2D eigenvalue weighted by Crippen LogP contribution is -2.18. The lowest BCUT2D eigenvalue weighted by molar-refractivity contribution is -0.120. The van der Waals surface area contributed by atoms with Crippen LogP contribution in [0, 0.1) is 0 Å². The molecule has 0 radical (unpaired) electrons. The van der Waals surface area contributed by atoms with Gasteiger partial charge in [-0.15, -0.1) is 0 Å². The molecule has 0 bridgehead atoms. The second kappa shape index (κ2) is 5.78. The van der Waals surface area contributed by atoms with E-state index in [2.05, 4.69) is 42.4 Å². The van der Waals surface area contributed by atoms with Gasteiger partial charge in [-0.1, -0.05) is 0 Å². The molecule has 2 aromatic carbocycles.